The third kappa shape index (κ3) is 3.07. The van der Waals surface area contributed by atoms with E-state index < -0.39 is 5.97 Å². The van der Waals surface area contributed by atoms with Crippen molar-refractivity contribution in [3.05, 3.63) is 29.3 Å². The molecule has 0 bridgehead atoms. The number of carbonyl (C=O) groups is 1. The van der Waals surface area contributed by atoms with E-state index in [9.17, 15) is 15.0 Å². The van der Waals surface area contributed by atoms with Crippen molar-refractivity contribution in [2.24, 2.45) is 5.92 Å². The van der Waals surface area contributed by atoms with E-state index >= 15 is 0 Å². The zero-order valence-electron chi connectivity index (χ0n) is 11.5. The van der Waals surface area contributed by atoms with Gasteiger partial charge in [-0.1, -0.05) is 11.6 Å². The second-order valence-electron chi connectivity index (χ2n) is 5.39. The smallest absolute Gasteiger partial charge is 0.337 e. The Hall–Kier alpha value is -1.55. The molecule has 1 atom stereocenters. The van der Waals surface area contributed by atoms with E-state index in [1.54, 1.807) is 6.07 Å². The first-order chi connectivity index (χ1) is 8.99. The summed E-state index contributed by atoms with van der Waals surface area (Å²) >= 11 is 0. The van der Waals surface area contributed by atoms with Crippen LogP contribution in [-0.4, -0.2) is 35.4 Å². The molecule has 1 heterocycles. The summed E-state index contributed by atoms with van der Waals surface area (Å²) in [5.41, 5.74) is 2.12. The number of piperidine rings is 1. The number of hydrogen-bond acceptors (Lipinski definition) is 3. The number of nitrogens with zero attached hydrogens (tertiary/aromatic N) is 1. The standard InChI is InChI=1S/C15H21NO3/c1-10-3-4-14(13(9-10)15(18)19)16-7-5-12(6-8-16)11(2)17/h3-4,9,11-12,17H,5-8H2,1-2H3,(H,18,19). The highest BCUT2D eigenvalue weighted by Gasteiger charge is 2.25. The van der Waals surface area contributed by atoms with E-state index in [2.05, 4.69) is 4.90 Å². The van der Waals surface area contributed by atoms with Crippen LogP contribution in [0.25, 0.3) is 0 Å². The number of benzene rings is 1. The molecule has 4 heteroatoms. The molecule has 4 nitrogen and oxygen atoms in total. The van der Waals surface area contributed by atoms with Crippen molar-refractivity contribution in [3.63, 3.8) is 0 Å². The van der Waals surface area contributed by atoms with Gasteiger partial charge in [-0.3, -0.25) is 0 Å². The number of aliphatic hydroxyl groups excluding tert-OH is 1. The highest BCUT2D eigenvalue weighted by molar-refractivity contribution is 5.94. The lowest BCUT2D eigenvalue weighted by atomic mass is 9.91. The average Bonchev–Trinajstić information content (AvgIpc) is 2.38. The molecule has 2 N–H and O–H groups in total. The first kappa shape index (κ1) is 13.9. The molecule has 1 aromatic rings. The Morgan fingerprint density at radius 3 is 2.53 bits per heavy atom. The van der Waals surface area contributed by atoms with E-state index in [1.807, 2.05) is 26.0 Å². The Morgan fingerprint density at radius 1 is 1.37 bits per heavy atom. The summed E-state index contributed by atoms with van der Waals surface area (Å²) < 4.78 is 0. The molecule has 19 heavy (non-hydrogen) atoms. The fourth-order valence-electron chi connectivity index (χ4n) is 2.72. The Kier molecular flexibility index (Phi) is 4.10. The van der Waals surface area contributed by atoms with Gasteiger partial charge in [0.25, 0.3) is 0 Å². The Balaban J connectivity index is 2.17. The summed E-state index contributed by atoms with van der Waals surface area (Å²) in [6, 6.07) is 5.56. The minimum Gasteiger partial charge on any atom is -0.478 e. The molecule has 1 aromatic carbocycles. The average molecular weight is 263 g/mol. The summed E-state index contributed by atoms with van der Waals surface area (Å²) in [6.07, 6.45) is 1.54. The van der Waals surface area contributed by atoms with Crippen LogP contribution >= 0.6 is 0 Å². The maximum absolute atomic E-state index is 11.3. The normalized spacial score (nSPS) is 18.4. The van der Waals surface area contributed by atoms with Crippen molar-refractivity contribution in [2.45, 2.75) is 32.8 Å². The van der Waals surface area contributed by atoms with Gasteiger partial charge in [0.05, 0.1) is 17.4 Å². The number of carboxylic acid groups (broad SMARTS) is 1. The van der Waals surface area contributed by atoms with Gasteiger partial charge in [0.1, 0.15) is 0 Å². The molecule has 0 saturated carbocycles. The SMILES string of the molecule is Cc1ccc(N2CCC(C(C)O)CC2)c(C(=O)O)c1. The molecule has 0 radical (unpaired) electrons. The van der Waals surface area contributed by atoms with Gasteiger partial charge in [-0.05, 0) is 44.7 Å². The predicted octanol–water partition coefficient (Wildman–Crippen LogP) is 2.29. The van der Waals surface area contributed by atoms with Crippen molar-refractivity contribution in [3.8, 4) is 0 Å². The van der Waals surface area contributed by atoms with Crippen molar-refractivity contribution in [2.75, 3.05) is 18.0 Å². The molecular formula is C15H21NO3. The summed E-state index contributed by atoms with van der Waals surface area (Å²) in [6.45, 7) is 5.34. The molecule has 104 valence electrons. The first-order valence-electron chi connectivity index (χ1n) is 6.76. The van der Waals surface area contributed by atoms with E-state index in [0.717, 1.165) is 37.2 Å². The van der Waals surface area contributed by atoms with Crippen LogP contribution < -0.4 is 4.90 Å². The molecule has 0 amide bonds. The zero-order chi connectivity index (χ0) is 14.0. The van der Waals surface area contributed by atoms with Crippen LogP contribution in [0.1, 0.15) is 35.7 Å². The van der Waals surface area contributed by atoms with E-state index in [-0.39, 0.29) is 6.10 Å². The molecular weight excluding hydrogens is 242 g/mol. The van der Waals surface area contributed by atoms with Crippen LogP contribution in [0.3, 0.4) is 0 Å². The van der Waals surface area contributed by atoms with Crippen LogP contribution in [0.4, 0.5) is 5.69 Å². The van der Waals surface area contributed by atoms with E-state index in [0.29, 0.717) is 11.5 Å². The fourth-order valence-corrected chi connectivity index (χ4v) is 2.72. The molecule has 0 aromatic heterocycles. The molecule has 1 fully saturated rings. The van der Waals surface area contributed by atoms with Crippen molar-refractivity contribution in [1.29, 1.82) is 0 Å². The summed E-state index contributed by atoms with van der Waals surface area (Å²) in [4.78, 5) is 13.4. The fraction of sp³-hybridized carbons (Fsp3) is 0.533. The van der Waals surface area contributed by atoms with Gasteiger partial charge in [-0.15, -0.1) is 0 Å². The Bertz CT molecular complexity index is 462. The number of rotatable bonds is 3. The topological polar surface area (TPSA) is 60.8 Å². The van der Waals surface area contributed by atoms with Gasteiger partial charge in [-0.25, -0.2) is 4.79 Å². The summed E-state index contributed by atoms with van der Waals surface area (Å²) in [7, 11) is 0. The van der Waals surface area contributed by atoms with Crippen LogP contribution in [0, 0.1) is 12.8 Å². The maximum atomic E-state index is 11.3. The molecule has 1 unspecified atom stereocenters. The van der Waals surface area contributed by atoms with Crippen molar-refractivity contribution >= 4 is 11.7 Å². The predicted molar refractivity (Wildman–Crippen MR) is 74.8 cm³/mol. The van der Waals surface area contributed by atoms with Gasteiger partial charge in [0.2, 0.25) is 0 Å². The Labute approximate surface area is 113 Å². The number of aromatic carboxylic acids is 1. The van der Waals surface area contributed by atoms with Gasteiger partial charge >= 0.3 is 5.97 Å². The lowest BCUT2D eigenvalue weighted by Crippen LogP contribution is -2.37. The third-order valence-corrected chi connectivity index (χ3v) is 3.94. The van der Waals surface area contributed by atoms with Gasteiger partial charge in [0.15, 0.2) is 0 Å². The summed E-state index contributed by atoms with van der Waals surface area (Å²) in [5.74, 6) is -0.550. The van der Waals surface area contributed by atoms with Gasteiger partial charge in [-0.2, -0.15) is 0 Å². The maximum Gasteiger partial charge on any atom is 0.337 e. The molecule has 1 aliphatic heterocycles. The number of hydrogen-bond donors (Lipinski definition) is 2. The van der Waals surface area contributed by atoms with E-state index in [4.69, 9.17) is 0 Å². The number of carboxylic acids is 1. The van der Waals surface area contributed by atoms with Crippen LogP contribution in [0.5, 0.6) is 0 Å². The molecule has 0 spiro atoms. The number of aliphatic hydroxyl groups is 1. The molecule has 0 aliphatic carbocycles. The van der Waals surface area contributed by atoms with Gasteiger partial charge in [0, 0.05) is 13.1 Å². The minimum absolute atomic E-state index is 0.279. The minimum atomic E-state index is -0.878. The molecule has 1 aliphatic rings. The highest BCUT2D eigenvalue weighted by Crippen LogP contribution is 2.28. The second-order valence-corrected chi connectivity index (χ2v) is 5.39. The van der Waals surface area contributed by atoms with Crippen LogP contribution in [-0.2, 0) is 0 Å². The van der Waals surface area contributed by atoms with Crippen LogP contribution in [0.15, 0.2) is 18.2 Å². The second kappa shape index (κ2) is 5.61. The molecule has 2 rings (SSSR count). The van der Waals surface area contributed by atoms with E-state index in [1.165, 1.54) is 0 Å². The lowest BCUT2D eigenvalue weighted by Gasteiger charge is -2.35. The number of anilines is 1. The van der Waals surface area contributed by atoms with Crippen LogP contribution in [0.2, 0.25) is 0 Å². The number of aryl methyl sites for hydroxylation is 1. The van der Waals surface area contributed by atoms with Crippen molar-refractivity contribution < 1.29 is 15.0 Å². The first-order valence-corrected chi connectivity index (χ1v) is 6.76. The largest absolute Gasteiger partial charge is 0.478 e. The van der Waals surface area contributed by atoms with Gasteiger partial charge < -0.3 is 15.1 Å². The third-order valence-electron chi connectivity index (χ3n) is 3.94. The highest BCUT2D eigenvalue weighted by atomic mass is 16.4. The Morgan fingerprint density at radius 2 is 2.00 bits per heavy atom. The zero-order valence-corrected chi connectivity index (χ0v) is 11.5. The summed E-state index contributed by atoms with van der Waals surface area (Å²) in [5, 5.41) is 18.9. The lowest BCUT2D eigenvalue weighted by molar-refractivity contribution is 0.0696. The quantitative estimate of drug-likeness (QED) is 0.878. The van der Waals surface area contributed by atoms with Crippen molar-refractivity contribution in [1.82, 2.24) is 0 Å². The monoisotopic (exact) mass is 263 g/mol. The molecule has 1 saturated heterocycles.